The van der Waals surface area contributed by atoms with E-state index in [4.69, 9.17) is 9.47 Å². The number of para-hydroxylation sites is 1. The first-order valence-electron chi connectivity index (χ1n) is 13.2. The number of methoxy groups -OCH3 is 1. The van der Waals surface area contributed by atoms with Gasteiger partial charge in [-0.25, -0.2) is 0 Å². The Bertz CT molecular complexity index is 1190. The average molecular weight is 601 g/mol. The van der Waals surface area contributed by atoms with Crippen molar-refractivity contribution in [2.45, 2.75) is 44.8 Å². The Morgan fingerprint density at radius 2 is 1.87 bits per heavy atom. The number of hydrogen-bond acceptors (Lipinski definition) is 6. The lowest BCUT2D eigenvalue weighted by Crippen LogP contribution is -2.40. The number of carbonyl (C=O) groups excluding carboxylic acids is 4. The Morgan fingerprint density at radius 3 is 2.59 bits per heavy atom. The first-order valence-corrected chi connectivity index (χ1v) is 14.0. The SMILES string of the molecule is COc1ccccc1COC(=O)C[C@H]1C[C@H](c2ccc(Br)cc2)N(CC(=O)NCCCN2CCCC2=O)C1=O. The van der Waals surface area contributed by atoms with E-state index in [2.05, 4.69) is 21.2 Å². The molecule has 10 heteroatoms. The van der Waals surface area contributed by atoms with Crippen LogP contribution in [0.4, 0.5) is 0 Å². The summed E-state index contributed by atoms with van der Waals surface area (Å²) in [5, 5.41) is 2.87. The van der Waals surface area contributed by atoms with Gasteiger partial charge in [0, 0.05) is 36.1 Å². The number of amides is 3. The van der Waals surface area contributed by atoms with Gasteiger partial charge in [0.2, 0.25) is 17.7 Å². The topological polar surface area (TPSA) is 105 Å². The predicted molar refractivity (Wildman–Crippen MR) is 148 cm³/mol. The van der Waals surface area contributed by atoms with E-state index in [-0.39, 0.29) is 43.3 Å². The highest BCUT2D eigenvalue weighted by Crippen LogP contribution is 2.38. The molecule has 2 aromatic carbocycles. The Kier molecular flexibility index (Phi) is 9.97. The third-order valence-corrected chi connectivity index (χ3v) is 7.71. The van der Waals surface area contributed by atoms with Crippen LogP contribution in [0.2, 0.25) is 0 Å². The Balaban J connectivity index is 1.34. The molecule has 0 aliphatic carbocycles. The normalized spacial score (nSPS) is 18.9. The van der Waals surface area contributed by atoms with Crippen molar-refractivity contribution in [1.29, 1.82) is 0 Å². The molecule has 2 aliphatic rings. The maximum absolute atomic E-state index is 13.4. The van der Waals surface area contributed by atoms with Crippen molar-refractivity contribution < 1.29 is 28.7 Å². The second kappa shape index (κ2) is 13.6. The molecule has 0 saturated carbocycles. The number of rotatable bonds is 12. The summed E-state index contributed by atoms with van der Waals surface area (Å²) in [4.78, 5) is 54.0. The summed E-state index contributed by atoms with van der Waals surface area (Å²) in [7, 11) is 1.55. The van der Waals surface area contributed by atoms with Gasteiger partial charge >= 0.3 is 5.97 Å². The maximum atomic E-state index is 13.4. The molecular formula is C29H34BrN3O6. The molecule has 39 heavy (non-hydrogen) atoms. The van der Waals surface area contributed by atoms with Crippen LogP contribution in [0.5, 0.6) is 5.75 Å². The molecule has 1 N–H and O–H groups in total. The van der Waals surface area contributed by atoms with E-state index in [0.717, 1.165) is 28.6 Å². The summed E-state index contributed by atoms with van der Waals surface area (Å²) in [5.74, 6) is -0.780. The van der Waals surface area contributed by atoms with Crippen molar-refractivity contribution in [3.63, 3.8) is 0 Å². The van der Waals surface area contributed by atoms with Gasteiger partial charge in [0.25, 0.3) is 0 Å². The maximum Gasteiger partial charge on any atom is 0.306 e. The first kappa shape index (κ1) is 28.6. The Hall–Kier alpha value is -3.40. The largest absolute Gasteiger partial charge is 0.496 e. The van der Waals surface area contributed by atoms with Gasteiger partial charge in [-0.2, -0.15) is 0 Å². The number of nitrogens with one attached hydrogen (secondary N) is 1. The van der Waals surface area contributed by atoms with Crippen LogP contribution in [0, 0.1) is 5.92 Å². The van der Waals surface area contributed by atoms with E-state index in [1.54, 1.807) is 18.1 Å². The van der Waals surface area contributed by atoms with Gasteiger partial charge in [-0.05, 0) is 43.0 Å². The standard InChI is InChI=1S/C29H34BrN3O6/c1-38-25-7-3-2-6-21(25)19-39-28(36)17-22-16-24(20-9-11-23(30)12-10-20)33(29(22)37)18-26(34)31-13-5-15-32-14-4-8-27(32)35/h2-3,6-7,9-12,22,24H,4-5,8,13-19H2,1H3,(H,31,34)/t22-,24-/m1/s1. The van der Waals surface area contributed by atoms with Crippen LogP contribution in [0.1, 0.15) is 49.3 Å². The zero-order valence-electron chi connectivity index (χ0n) is 22.1. The second-order valence-electron chi connectivity index (χ2n) is 9.83. The van der Waals surface area contributed by atoms with Crippen LogP contribution in [-0.2, 0) is 30.5 Å². The number of carbonyl (C=O) groups is 4. The molecule has 9 nitrogen and oxygen atoms in total. The highest BCUT2D eigenvalue weighted by molar-refractivity contribution is 9.10. The number of likely N-dealkylation sites (tertiary alicyclic amines) is 2. The van der Waals surface area contributed by atoms with Gasteiger partial charge in [-0.3, -0.25) is 19.2 Å². The summed E-state index contributed by atoms with van der Waals surface area (Å²) < 4.78 is 11.7. The summed E-state index contributed by atoms with van der Waals surface area (Å²) in [6, 6.07) is 14.6. The number of ether oxygens (including phenoxy) is 2. The minimum Gasteiger partial charge on any atom is -0.496 e. The summed E-state index contributed by atoms with van der Waals surface area (Å²) in [6.07, 6.45) is 2.48. The number of nitrogens with zero attached hydrogens (tertiary/aromatic N) is 2. The third-order valence-electron chi connectivity index (χ3n) is 7.18. The van der Waals surface area contributed by atoms with Crippen LogP contribution in [-0.4, -0.2) is 66.8 Å². The van der Waals surface area contributed by atoms with Crippen LogP contribution in [0.15, 0.2) is 53.0 Å². The van der Waals surface area contributed by atoms with Crippen LogP contribution >= 0.6 is 15.9 Å². The van der Waals surface area contributed by atoms with E-state index < -0.39 is 11.9 Å². The fraction of sp³-hybridized carbons (Fsp3) is 0.448. The lowest BCUT2D eigenvalue weighted by molar-refractivity contribution is -0.148. The fourth-order valence-corrected chi connectivity index (χ4v) is 5.40. The van der Waals surface area contributed by atoms with Gasteiger partial charge in [-0.1, -0.05) is 46.3 Å². The van der Waals surface area contributed by atoms with Crippen molar-refractivity contribution in [1.82, 2.24) is 15.1 Å². The van der Waals surface area contributed by atoms with Gasteiger partial charge < -0.3 is 24.6 Å². The number of esters is 1. The van der Waals surface area contributed by atoms with Crippen molar-refractivity contribution >= 4 is 39.6 Å². The van der Waals surface area contributed by atoms with E-state index in [1.807, 2.05) is 47.4 Å². The summed E-state index contributed by atoms with van der Waals surface area (Å²) >= 11 is 3.44. The number of halogens is 1. The molecule has 0 aromatic heterocycles. The second-order valence-corrected chi connectivity index (χ2v) is 10.7. The molecule has 0 spiro atoms. The van der Waals surface area contributed by atoms with Gasteiger partial charge in [0.1, 0.15) is 18.9 Å². The Morgan fingerprint density at radius 1 is 1.10 bits per heavy atom. The van der Waals surface area contributed by atoms with Crippen LogP contribution in [0.25, 0.3) is 0 Å². The van der Waals surface area contributed by atoms with Crippen molar-refractivity contribution in [2.75, 3.05) is 33.3 Å². The molecule has 2 atom stereocenters. The molecule has 0 radical (unpaired) electrons. The minimum absolute atomic E-state index is 0.0506. The van der Waals surface area contributed by atoms with Crippen molar-refractivity contribution in [3.05, 3.63) is 64.1 Å². The highest BCUT2D eigenvalue weighted by atomic mass is 79.9. The lowest BCUT2D eigenvalue weighted by atomic mass is 9.97. The van der Waals surface area contributed by atoms with Crippen LogP contribution in [0.3, 0.4) is 0 Å². The molecule has 2 saturated heterocycles. The molecule has 4 rings (SSSR count). The van der Waals surface area contributed by atoms with E-state index >= 15 is 0 Å². The van der Waals surface area contributed by atoms with Crippen LogP contribution < -0.4 is 10.1 Å². The first-order chi connectivity index (χ1) is 18.9. The zero-order valence-corrected chi connectivity index (χ0v) is 23.7. The molecule has 2 aliphatic heterocycles. The predicted octanol–water partition coefficient (Wildman–Crippen LogP) is 3.61. The summed E-state index contributed by atoms with van der Waals surface area (Å²) in [5.41, 5.74) is 1.64. The fourth-order valence-electron chi connectivity index (χ4n) is 5.13. The van der Waals surface area contributed by atoms with Gasteiger partial charge in [-0.15, -0.1) is 0 Å². The quantitative estimate of drug-likeness (QED) is 0.295. The molecule has 0 unspecified atom stereocenters. The van der Waals surface area contributed by atoms with E-state index in [0.29, 0.717) is 38.1 Å². The lowest BCUT2D eigenvalue weighted by Gasteiger charge is -2.25. The molecule has 208 valence electrons. The van der Waals surface area contributed by atoms with E-state index in [9.17, 15) is 19.2 Å². The molecular weight excluding hydrogens is 566 g/mol. The highest BCUT2D eigenvalue weighted by Gasteiger charge is 2.42. The van der Waals surface area contributed by atoms with Gasteiger partial charge in [0.15, 0.2) is 0 Å². The smallest absolute Gasteiger partial charge is 0.306 e. The molecule has 0 bridgehead atoms. The zero-order chi connectivity index (χ0) is 27.8. The Labute approximate surface area is 236 Å². The third kappa shape index (κ3) is 7.59. The number of benzene rings is 2. The van der Waals surface area contributed by atoms with Crippen molar-refractivity contribution in [2.24, 2.45) is 5.92 Å². The van der Waals surface area contributed by atoms with E-state index in [1.165, 1.54) is 0 Å². The van der Waals surface area contributed by atoms with Gasteiger partial charge in [0.05, 0.1) is 25.5 Å². The number of hydrogen-bond donors (Lipinski definition) is 1. The molecule has 2 heterocycles. The van der Waals surface area contributed by atoms with Crippen molar-refractivity contribution in [3.8, 4) is 5.75 Å². The monoisotopic (exact) mass is 599 g/mol. The molecule has 2 fully saturated rings. The molecule has 2 aromatic rings. The average Bonchev–Trinajstić information content (AvgIpc) is 3.48. The minimum atomic E-state index is -0.585. The molecule has 3 amide bonds. The summed E-state index contributed by atoms with van der Waals surface area (Å²) in [6.45, 7) is 1.76.